The van der Waals surface area contributed by atoms with Crippen LogP contribution in [0.2, 0.25) is 0 Å². The van der Waals surface area contributed by atoms with Gasteiger partial charge >= 0.3 is 0 Å². The predicted octanol–water partition coefficient (Wildman–Crippen LogP) is 2.43. The number of benzene rings is 1. The van der Waals surface area contributed by atoms with E-state index < -0.39 is 0 Å². The van der Waals surface area contributed by atoms with Crippen LogP contribution < -0.4 is 5.32 Å². The molecule has 2 N–H and O–H groups in total. The van der Waals surface area contributed by atoms with Crippen LogP contribution in [-0.4, -0.2) is 34.8 Å². The lowest BCUT2D eigenvalue weighted by atomic mass is 9.70. The Morgan fingerprint density at radius 3 is 2.83 bits per heavy atom. The maximum Gasteiger partial charge on any atom is 0.236 e. The first-order valence-electron chi connectivity index (χ1n) is 7.97. The molecule has 1 heterocycles. The molecule has 1 aromatic rings. The monoisotopic (exact) mass is 331 g/mol. The SMILES string of the molecule is O=C1CSC(=NN=Cc2cccc(C3(CO)CCCCC3)c2)N1. The smallest absolute Gasteiger partial charge is 0.236 e. The summed E-state index contributed by atoms with van der Waals surface area (Å²) in [6.45, 7) is 0.193. The molecule has 0 atom stereocenters. The quantitative estimate of drug-likeness (QED) is 0.657. The maximum absolute atomic E-state index is 11.1. The fraction of sp³-hybridized carbons (Fsp3) is 0.471. The van der Waals surface area contributed by atoms with E-state index in [1.54, 1.807) is 6.21 Å². The third kappa shape index (κ3) is 3.82. The molecule has 1 aromatic carbocycles. The van der Waals surface area contributed by atoms with Crippen molar-refractivity contribution in [1.82, 2.24) is 5.32 Å². The van der Waals surface area contributed by atoms with Crippen molar-refractivity contribution in [2.24, 2.45) is 10.2 Å². The lowest BCUT2D eigenvalue weighted by Gasteiger charge is -2.36. The zero-order chi connectivity index (χ0) is 16.1. The average Bonchev–Trinajstić information content (AvgIpc) is 3.01. The van der Waals surface area contributed by atoms with Crippen molar-refractivity contribution >= 4 is 29.1 Å². The van der Waals surface area contributed by atoms with Crippen LogP contribution in [-0.2, 0) is 10.2 Å². The first-order chi connectivity index (χ1) is 11.2. The number of carbonyl (C=O) groups is 1. The molecule has 23 heavy (non-hydrogen) atoms. The van der Waals surface area contributed by atoms with Crippen molar-refractivity contribution in [2.75, 3.05) is 12.4 Å². The van der Waals surface area contributed by atoms with Crippen LogP contribution in [0.4, 0.5) is 0 Å². The maximum atomic E-state index is 11.1. The molecule has 0 unspecified atom stereocenters. The Morgan fingerprint density at radius 1 is 1.30 bits per heavy atom. The van der Waals surface area contributed by atoms with E-state index in [1.165, 1.54) is 36.6 Å². The van der Waals surface area contributed by atoms with E-state index in [4.69, 9.17) is 0 Å². The number of nitrogens with one attached hydrogen (secondary N) is 1. The lowest BCUT2D eigenvalue weighted by Crippen LogP contribution is -2.33. The van der Waals surface area contributed by atoms with Crippen molar-refractivity contribution in [3.05, 3.63) is 35.4 Å². The summed E-state index contributed by atoms with van der Waals surface area (Å²) in [6.07, 6.45) is 7.36. The summed E-state index contributed by atoms with van der Waals surface area (Å²) in [5, 5.41) is 21.2. The van der Waals surface area contributed by atoms with Gasteiger partial charge < -0.3 is 10.4 Å². The number of hydrogen-bond donors (Lipinski definition) is 2. The molecule has 0 bridgehead atoms. The summed E-state index contributed by atoms with van der Waals surface area (Å²) in [7, 11) is 0. The zero-order valence-corrected chi connectivity index (χ0v) is 13.8. The third-order valence-electron chi connectivity index (χ3n) is 4.55. The number of carbonyl (C=O) groups excluding carboxylic acids is 1. The number of hydrogen-bond acceptors (Lipinski definition) is 5. The van der Waals surface area contributed by atoms with Gasteiger partial charge in [-0.15, -0.1) is 5.10 Å². The summed E-state index contributed by atoms with van der Waals surface area (Å²) in [4.78, 5) is 11.1. The molecule has 1 saturated heterocycles. The first kappa shape index (κ1) is 16.2. The fourth-order valence-corrected chi connectivity index (χ4v) is 3.87. The van der Waals surface area contributed by atoms with E-state index in [2.05, 4.69) is 27.7 Å². The van der Waals surface area contributed by atoms with Crippen molar-refractivity contribution in [1.29, 1.82) is 0 Å². The summed E-state index contributed by atoms with van der Waals surface area (Å²) >= 11 is 1.36. The van der Waals surface area contributed by atoms with Crippen molar-refractivity contribution in [3.63, 3.8) is 0 Å². The van der Waals surface area contributed by atoms with Crippen LogP contribution in [0.3, 0.4) is 0 Å². The van der Waals surface area contributed by atoms with Gasteiger partial charge in [0.05, 0.1) is 18.6 Å². The molecule has 1 aliphatic carbocycles. The summed E-state index contributed by atoms with van der Waals surface area (Å²) < 4.78 is 0. The number of amidine groups is 1. The summed E-state index contributed by atoms with van der Waals surface area (Å²) in [5.41, 5.74) is 2.03. The number of aliphatic hydroxyl groups is 1. The van der Waals surface area contributed by atoms with Crippen LogP contribution in [0.1, 0.15) is 43.2 Å². The molecular weight excluding hydrogens is 310 g/mol. The van der Waals surface area contributed by atoms with Gasteiger partial charge in [-0.3, -0.25) is 4.79 Å². The molecule has 5 nitrogen and oxygen atoms in total. The van der Waals surface area contributed by atoms with Crippen LogP contribution >= 0.6 is 11.8 Å². The van der Waals surface area contributed by atoms with E-state index in [9.17, 15) is 9.90 Å². The largest absolute Gasteiger partial charge is 0.395 e. The number of thioether (sulfide) groups is 1. The second-order valence-corrected chi connectivity index (χ2v) is 7.08. The number of nitrogens with zero attached hydrogens (tertiary/aromatic N) is 2. The van der Waals surface area contributed by atoms with Gasteiger partial charge in [0.25, 0.3) is 0 Å². The molecule has 3 rings (SSSR count). The molecule has 122 valence electrons. The van der Waals surface area contributed by atoms with E-state index >= 15 is 0 Å². The van der Waals surface area contributed by atoms with E-state index in [0.717, 1.165) is 18.4 Å². The van der Waals surface area contributed by atoms with Crippen molar-refractivity contribution in [3.8, 4) is 0 Å². The number of aliphatic hydroxyl groups excluding tert-OH is 1. The minimum Gasteiger partial charge on any atom is -0.395 e. The van der Waals surface area contributed by atoms with Gasteiger partial charge in [-0.25, -0.2) is 0 Å². The molecule has 0 aromatic heterocycles. The highest BCUT2D eigenvalue weighted by molar-refractivity contribution is 8.15. The molecule has 1 amide bonds. The van der Waals surface area contributed by atoms with E-state index in [1.807, 2.05) is 12.1 Å². The molecular formula is C17H21N3O2S. The summed E-state index contributed by atoms with van der Waals surface area (Å²) in [6, 6.07) is 8.16. The highest BCUT2D eigenvalue weighted by Crippen LogP contribution is 2.39. The van der Waals surface area contributed by atoms with Gasteiger partial charge in [-0.1, -0.05) is 49.2 Å². The van der Waals surface area contributed by atoms with Gasteiger partial charge in [-0.05, 0) is 30.0 Å². The molecule has 0 spiro atoms. The van der Waals surface area contributed by atoms with Gasteiger partial charge in [0.15, 0.2) is 5.17 Å². The Morgan fingerprint density at radius 2 is 2.13 bits per heavy atom. The second-order valence-electron chi connectivity index (χ2n) is 6.11. The molecule has 2 fully saturated rings. The third-order valence-corrected chi connectivity index (χ3v) is 5.42. The highest BCUT2D eigenvalue weighted by atomic mass is 32.2. The van der Waals surface area contributed by atoms with E-state index in [0.29, 0.717) is 10.9 Å². The van der Waals surface area contributed by atoms with E-state index in [-0.39, 0.29) is 17.9 Å². The Labute approximate surface area is 140 Å². The summed E-state index contributed by atoms with van der Waals surface area (Å²) in [5.74, 6) is 0.371. The van der Waals surface area contributed by atoms with Crippen LogP contribution in [0, 0.1) is 0 Å². The van der Waals surface area contributed by atoms with Crippen molar-refractivity contribution in [2.45, 2.75) is 37.5 Å². The standard InChI is InChI=1S/C17H21N3O2S/c21-12-17(7-2-1-3-8-17)14-6-4-5-13(9-14)10-18-20-16-19-15(22)11-23-16/h4-6,9-10,21H,1-3,7-8,11-12H2,(H,19,20,22). The van der Waals surface area contributed by atoms with Gasteiger partial charge in [0.2, 0.25) is 5.91 Å². The van der Waals surface area contributed by atoms with Gasteiger partial charge in [0, 0.05) is 5.41 Å². The molecule has 6 heteroatoms. The fourth-order valence-electron chi connectivity index (χ4n) is 3.24. The Kier molecular flexibility index (Phi) is 5.13. The minimum atomic E-state index is -0.108. The average molecular weight is 331 g/mol. The predicted molar refractivity (Wildman–Crippen MR) is 93.9 cm³/mol. The molecule has 2 aliphatic rings. The first-order valence-corrected chi connectivity index (χ1v) is 8.95. The number of rotatable bonds is 4. The van der Waals surface area contributed by atoms with Crippen LogP contribution in [0.5, 0.6) is 0 Å². The highest BCUT2D eigenvalue weighted by Gasteiger charge is 2.33. The Hall–Kier alpha value is -1.66. The Balaban J connectivity index is 1.75. The number of amides is 1. The molecule has 0 radical (unpaired) electrons. The second kappa shape index (κ2) is 7.27. The van der Waals surface area contributed by atoms with Gasteiger partial charge in [-0.2, -0.15) is 5.10 Å². The van der Waals surface area contributed by atoms with Crippen molar-refractivity contribution < 1.29 is 9.90 Å². The Bertz CT molecular complexity index is 636. The van der Waals surface area contributed by atoms with Crippen LogP contribution in [0.15, 0.2) is 34.5 Å². The molecule has 1 saturated carbocycles. The van der Waals surface area contributed by atoms with Gasteiger partial charge in [0.1, 0.15) is 0 Å². The lowest BCUT2D eigenvalue weighted by molar-refractivity contribution is -0.116. The molecule has 1 aliphatic heterocycles. The normalized spacial score (nSPS) is 22.7. The topological polar surface area (TPSA) is 74.0 Å². The zero-order valence-electron chi connectivity index (χ0n) is 13.0. The minimum absolute atomic E-state index is 0.0341. The van der Waals surface area contributed by atoms with Crippen LogP contribution in [0.25, 0.3) is 0 Å².